The van der Waals surface area contributed by atoms with Gasteiger partial charge in [-0.2, -0.15) is 0 Å². The normalized spacial score (nSPS) is 34.1. The minimum atomic E-state index is 0.805. The Morgan fingerprint density at radius 3 is 2.27 bits per heavy atom. The van der Waals surface area contributed by atoms with Crippen LogP contribution < -0.4 is 5.73 Å². The summed E-state index contributed by atoms with van der Waals surface area (Å²) in [5.74, 6) is 1.73. The van der Waals surface area contributed by atoms with Crippen LogP contribution >= 0.6 is 0 Å². The molecule has 0 unspecified atom stereocenters. The van der Waals surface area contributed by atoms with E-state index in [9.17, 15) is 0 Å². The maximum absolute atomic E-state index is 5.51. The maximum Gasteiger partial charge on any atom is 0.0105 e. The largest absolute Gasteiger partial charge is 0.329 e. The van der Waals surface area contributed by atoms with Gasteiger partial charge < -0.3 is 10.6 Å². The van der Waals surface area contributed by atoms with Crippen LogP contribution in [0.5, 0.6) is 0 Å². The molecule has 2 atom stereocenters. The van der Waals surface area contributed by atoms with Crippen LogP contribution in [0.25, 0.3) is 0 Å². The lowest BCUT2D eigenvalue weighted by molar-refractivity contribution is 0.145. The van der Waals surface area contributed by atoms with Gasteiger partial charge in [0.1, 0.15) is 0 Å². The molecule has 1 saturated heterocycles. The van der Waals surface area contributed by atoms with Gasteiger partial charge in [0, 0.05) is 26.2 Å². The molecule has 1 heterocycles. The first kappa shape index (κ1) is 9.01. The van der Waals surface area contributed by atoms with E-state index in [1.54, 1.807) is 0 Å². The van der Waals surface area contributed by atoms with Crippen molar-refractivity contribution in [2.45, 2.75) is 20.3 Å². The Hall–Kier alpha value is -0.0800. The van der Waals surface area contributed by atoms with Gasteiger partial charge >= 0.3 is 0 Å². The second-order valence-corrected chi connectivity index (χ2v) is 3.99. The molecule has 0 amide bonds. The molecule has 1 fully saturated rings. The van der Waals surface area contributed by atoms with Crippen molar-refractivity contribution in [3.05, 3.63) is 0 Å². The molecule has 2 heteroatoms. The Bertz CT molecular complexity index is 104. The van der Waals surface area contributed by atoms with Gasteiger partial charge in [-0.3, -0.25) is 0 Å². The van der Waals surface area contributed by atoms with Crippen LogP contribution in [0.1, 0.15) is 20.3 Å². The first-order valence-electron chi connectivity index (χ1n) is 4.64. The monoisotopic (exact) mass is 156 g/mol. The summed E-state index contributed by atoms with van der Waals surface area (Å²) in [4.78, 5) is 2.48. The van der Waals surface area contributed by atoms with Gasteiger partial charge in [0.05, 0.1) is 0 Å². The van der Waals surface area contributed by atoms with Gasteiger partial charge in [-0.05, 0) is 18.3 Å². The van der Waals surface area contributed by atoms with E-state index in [1.165, 1.54) is 19.5 Å². The van der Waals surface area contributed by atoms with Crippen LogP contribution in [0.3, 0.4) is 0 Å². The maximum atomic E-state index is 5.51. The molecule has 1 aliphatic rings. The molecule has 0 spiro atoms. The van der Waals surface area contributed by atoms with E-state index in [2.05, 4.69) is 18.7 Å². The minimum Gasteiger partial charge on any atom is -0.329 e. The second-order valence-electron chi connectivity index (χ2n) is 3.99. The standard InChI is InChI=1S/C9H20N2/c1-8-5-9(2)7-11(6-8)4-3-10/h8-9H,3-7,10H2,1-2H3/t8-,9+. The molecule has 0 bridgehead atoms. The average Bonchev–Trinajstić information content (AvgIpc) is 1.85. The van der Waals surface area contributed by atoms with Crippen molar-refractivity contribution in [1.82, 2.24) is 4.90 Å². The SMILES string of the molecule is C[C@@H]1C[C@H](C)CN(CCN)C1. The lowest BCUT2D eigenvalue weighted by Crippen LogP contribution is -2.41. The topological polar surface area (TPSA) is 29.3 Å². The third kappa shape index (κ3) is 2.80. The zero-order chi connectivity index (χ0) is 8.27. The summed E-state index contributed by atoms with van der Waals surface area (Å²) in [7, 11) is 0. The summed E-state index contributed by atoms with van der Waals surface area (Å²) in [6.07, 6.45) is 1.39. The van der Waals surface area contributed by atoms with Gasteiger partial charge in [0.25, 0.3) is 0 Å². The molecule has 0 aliphatic carbocycles. The summed E-state index contributed by atoms with van der Waals surface area (Å²) in [6.45, 7) is 9.05. The van der Waals surface area contributed by atoms with Crippen molar-refractivity contribution in [3.63, 3.8) is 0 Å². The highest BCUT2D eigenvalue weighted by molar-refractivity contribution is 4.74. The van der Waals surface area contributed by atoms with Crippen molar-refractivity contribution in [1.29, 1.82) is 0 Å². The number of nitrogens with zero attached hydrogens (tertiary/aromatic N) is 1. The van der Waals surface area contributed by atoms with Crippen LogP contribution in [0.2, 0.25) is 0 Å². The number of hydrogen-bond donors (Lipinski definition) is 1. The fraction of sp³-hybridized carbons (Fsp3) is 1.00. The zero-order valence-electron chi connectivity index (χ0n) is 7.71. The third-order valence-corrected chi connectivity index (χ3v) is 2.39. The summed E-state index contributed by atoms with van der Waals surface area (Å²) in [6, 6.07) is 0. The molecule has 11 heavy (non-hydrogen) atoms. The summed E-state index contributed by atoms with van der Waals surface area (Å²) in [5, 5.41) is 0. The van der Waals surface area contributed by atoms with Gasteiger partial charge in [-0.1, -0.05) is 13.8 Å². The zero-order valence-corrected chi connectivity index (χ0v) is 7.71. The molecule has 0 aromatic heterocycles. The quantitative estimate of drug-likeness (QED) is 0.644. The Morgan fingerprint density at radius 2 is 1.82 bits per heavy atom. The summed E-state index contributed by atoms with van der Waals surface area (Å²) in [5.41, 5.74) is 5.51. The predicted octanol–water partition coefficient (Wildman–Crippen LogP) is 0.923. The number of hydrogen-bond acceptors (Lipinski definition) is 2. The summed E-state index contributed by atoms with van der Waals surface area (Å²) >= 11 is 0. The van der Waals surface area contributed by atoms with Crippen molar-refractivity contribution in [3.8, 4) is 0 Å². The smallest absolute Gasteiger partial charge is 0.0105 e. The second kappa shape index (κ2) is 4.07. The third-order valence-electron chi connectivity index (χ3n) is 2.39. The minimum absolute atomic E-state index is 0.805. The van der Waals surface area contributed by atoms with Crippen molar-refractivity contribution in [2.75, 3.05) is 26.2 Å². The Balaban J connectivity index is 2.30. The molecule has 0 saturated carbocycles. The van der Waals surface area contributed by atoms with Crippen LogP contribution in [0.4, 0.5) is 0 Å². The highest BCUT2D eigenvalue weighted by Gasteiger charge is 2.20. The summed E-state index contributed by atoms with van der Waals surface area (Å²) < 4.78 is 0. The molecule has 1 rings (SSSR count). The van der Waals surface area contributed by atoms with Crippen LogP contribution in [-0.2, 0) is 0 Å². The Kier molecular flexibility index (Phi) is 3.34. The van der Waals surface area contributed by atoms with Crippen LogP contribution in [0.15, 0.2) is 0 Å². The number of nitrogens with two attached hydrogens (primary N) is 1. The van der Waals surface area contributed by atoms with Crippen LogP contribution in [-0.4, -0.2) is 31.1 Å². The van der Waals surface area contributed by atoms with Crippen molar-refractivity contribution in [2.24, 2.45) is 17.6 Å². The molecule has 66 valence electrons. The predicted molar refractivity (Wildman–Crippen MR) is 48.4 cm³/mol. The first-order valence-corrected chi connectivity index (χ1v) is 4.64. The molecular formula is C9H20N2. The number of piperidine rings is 1. The number of rotatable bonds is 2. The Morgan fingerprint density at radius 1 is 1.27 bits per heavy atom. The Labute approximate surface area is 69.8 Å². The van der Waals surface area contributed by atoms with Gasteiger partial charge in [0.15, 0.2) is 0 Å². The lowest BCUT2D eigenvalue weighted by atomic mass is 9.92. The van der Waals surface area contributed by atoms with E-state index in [4.69, 9.17) is 5.73 Å². The highest BCUT2D eigenvalue weighted by atomic mass is 15.1. The van der Waals surface area contributed by atoms with E-state index >= 15 is 0 Å². The first-order chi connectivity index (χ1) is 5.22. The van der Waals surface area contributed by atoms with Gasteiger partial charge in [-0.25, -0.2) is 0 Å². The molecule has 1 aliphatic heterocycles. The van der Waals surface area contributed by atoms with Crippen molar-refractivity contribution < 1.29 is 0 Å². The van der Waals surface area contributed by atoms with Crippen molar-refractivity contribution >= 4 is 0 Å². The van der Waals surface area contributed by atoms with E-state index < -0.39 is 0 Å². The van der Waals surface area contributed by atoms with E-state index in [-0.39, 0.29) is 0 Å². The molecule has 0 aromatic rings. The molecule has 0 radical (unpaired) electrons. The number of likely N-dealkylation sites (tertiary alicyclic amines) is 1. The molecular weight excluding hydrogens is 136 g/mol. The van der Waals surface area contributed by atoms with Crippen LogP contribution in [0, 0.1) is 11.8 Å². The molecule has 0 aromatic carbocycles. The van der Waals surface area contributed by atoms with E-state index in [0.29, 0.717) is 0 Å². The highest BCUT2D eigenvalue weighted by Crippen LogP contribution is 2.19. The fourth-order valence-electron chi connectivity index (χ4n) is 2.16. The fourth-order valence-corrected chi connectivity index (χ4v) is 2.16. The lowest BCUT2D eigenvalue weighted by Gasteiger charge is -2.34. The van der Waals surface area contributed by atoms with Gasteiger partial charge in [0.2, 0.25) is 0 Å². The van der Waals surface area contributed by atoms with E-state index in [1.807, 2.05) is 0 Å². The molecule has 2 nitrogen and oxygen atoms in total. The average molecular weight is 156 g/mol. The molecule has 2 N–H and O–H groups in total. The van der Waals surface area contributed by atoms with Gasteiger partial charge in [-0.15, -0.1) is 0 Å². The van der Waals surface area contributed by atoms with E-state index in [0.717, 1.165) is 24.9 Å².